The molecule has 3 N–H and O–H groups in total. The first-order valence-electron chi connectivity index (χ1n) is 10.1. The van der Waals surface area contributed by atoms with Gasteiger partial charge in [-0.1, -0.05) is 42.5 Å². The third-order valence-electron chi connectivity index (χ3n) is 5.78. The Kier molecular flexibility index (Phi) is 7.12. The van der Waals surface area contributed by atoms with Crippen molar-refractivity contribution in [1.29, 1.82) is 0 Å². The average molecular weight is 432 g/mol. The molecule has 2 aromatic carbocycles. The van der Waals surface area contributed by atoms with Crippen molar-refractivity contribution in [3.8, 4) is 5.75 Å². The van der Waals surface area contributed by atoms with Crippen LogP contribution in [0, 0.1) is 0 Å². The van der Waals surface area contributed by atoms with E-state index in [1.165, 1.54) is 14.2 Å². The fourth-order valence-electron chi connectivity index (χ4n) is 4.22. The van der Waals surface area contributed by atoms with Crippen LogP contribution >= 0.6 is 0 Å². The molecule has 2 aromatic rings. The maximum atomic E-state index is 13.2. The van der Waals surface area contributed by atoms with E-state index in [0.717, 1.165) is 18.5 Å². The van der Waals surface area contributed by atoms with Gasteiger partial charge in [0, 0.05) is 5.41 Å². The number of para-hydroxylation sites is 1. The van der Waals surface area contributed by atoms with Crippen molar-refractivity contribution in [2.75, 3.05) is 27.2 Å². The van der Waals surface area contributed by atoms with Gasteiger partial charge in [0.05, 0.1) is 12.7 Å². The number of amides is 1. The monoisotopic (exact) mass is 431 g/mol. The number of carbonyl (C=O) groups excluding carboxylic acids is 1. The molecule has 0 bridgehead atoms. The minimum absolute atomic E-state index is 0.297. The first-order chi connectivity index (χ1) is 14.4. The Morgan fingerprint density at radius 2 is 1.77 bits per heavy atom. The molecule has 3 rings (SSSR count). The molecule has 0 aromatic heterocycles. The number of hydrogen-bond donors (Lipinski definition) is 3. The molecule has 1 saturated heterocycles. The number of sulfonamides is 1. The van der Waals surface area contributed by atoms with Gasteiger partial charge >= 0.3 is 0 Å². The molecule has 30 heavy (non-hydrogen) atoms. The Labute approximate surface area is 178 Å². The van der Waals surface area contributed by atoms with Gasteiger partial charge in [-0.25, -0.2) is 13.1 Å². The first-order valence-corrected chi connectivity index (χ1v) is 11.6. The van der Waals surface area contributed by atoms with Gasteiger partial charge in [-0.15, -0.1) is 0 Å². The van der Waals surface area contributed by atoms with Gasteiger partial charge in [0.25, 0.3) is 5.91 Å². The molecule has 1 aliphatic heterocycles. The summed E-state index contributed by atoms with van der Waals surface area (Å²) in [6.45, 7) is 1.47. The van der Waals surface area contributed by atoms with Crippen LogP contribution in [-0.2, 0) is 15.4 Å². The fourth-order valence-corrected chi connectivity index (χ4v) is 5.69. The molecule has 162 valence electrons. The summed E-state index contributed by atoms with van der Waals surface area (Å²) in [6.07, 6.45) is 2.01. The second-order valence-electron chi connectivity index (χ2n) is 7.43. The van der Waals surface area contributed by atoms with Crippen molar-refractivity contribution in [2.24, 2.45) is 0 Å². The van der Waals surface area contributed by atoms with Crippen LogP contribution in [0.4, 0.5) is 0 Å². The van der Waals surface area contributed by atoms with Crippen LogP contribution in [0.15, 0.2) is 54.6 Å². The molecule has 1 aliphatic rings. The van der Waals surface area contributed by atoms with Crippen LogP contribution in [0.2, 0.25) is 0 Å². The SMILES string of the molecule is CNS(=O)(=O)C(NC(=O)c1ccccc1OC)C1(c2ccccc2)CCCNCC1. The standard InChI is InChI=1S/C22H29N3O4S/c1-23-30(27,28)21(25-20(26)18-11-6-7-12-19(18)29-2)22(13-8-15-24-16-14-22)17-9-4-3-5-10-17/h3-7,9-12,21,23-24H,8,13-16H2,1-2H3,(H,25,26). The van der Waals surface area contributed by atoms with Gasteiger partial charge < -0.3 is 15.4 Å². The number of carbonyl (C=O) groups is 1. The van der Waals surface area contributed by atoms with Crippen LogP contribution in [0.25, 0.3) is 0 Å². The molecule has 2 atom stereocenters. The van der Waals surface area contributed by atoms with E-state index in [0.29, 0.717) is 30.7 Å². The zero-order valence-corrected chi connectivity index (χ0v) is 18.2. The molecule has 7 nitrogen and oxygen atoms in total. The smallest absolute Gasteiger partial charge is 0.256 e. The van der Waals surface area contributed by atoms with Crippen LogP contribution in [0.3, 0.4) is 0 Å². The summed E-state index contributed by atoms with van der Waals surface area (Å²) in [4.78, 5) is 13.2. The molecule has 0 radical (unpaired) electrons. The quantitative estimate of drug-likeness (QED) is 0.623. The van der Waals surface area contributed by atoms with Gasteiger partial charge in [0.15, 0.2) is 5.37 Å². The lowest BCUT2D eigenvalue weighted by molar-refractivity contribution is 0.0926. The lowest BCUT2D eigenvalue weighted by Gasteiger charge is -2.40. The second kappa shape index (κ2) is 9.59. The van der Waals surface area contributed by atoms with Gasteiger partial charge in [0.2, 0.25) is 10.0 Å². The molecule has 0 saturated carbocycles. The Balaban J connectivity index is 2.10. The van der Waals surface area contributed by atoms with E-state index in [-0.39, 0.29) is 0 Å². The Hall–Kier alpha value is -2.42. The zero-order chi connectivity index (χ0) is 21.6. The highest BCUT2D eigenvalue weighted by atomic mass is 32.2. The summed E-state index contributed by atoms with van der Waals surface area (Å²) in [7, 11) is -0.993. The molecule has 1 heterocycles. The van der Waals surface area contributed by atoms with Crippen molar-refractivity contribution in [2.45, 2.75) is 30.1 Å². The predicted octanol–water partition coefficient (Wildman–Crippen LogP) is 2.01. The molecular weight excluding hydrogens is 402 g/mol. The van der Waals surface area contributed by atoms with Crippen LogP contribution in [-0.4, -0.2) is 46.9 Å². The summed E-state index contributed by atoms with van der Waals surface area (Å²) in [5.74, 6) is -0.0873. The largest absolute Gasteiger partial charge is 0.496 e. The van der Waals surface area contributed by atoms with E-state index < -0.39 is 26.7 Å². The number of rotatable bonds is 7. The molecule has 0 aliphatic carbocycles. The number of benzene rings is 2. The molecule has 2 unspecified atom stereocenters. The lowest BCUT2D eigenvalue weighted by Crippen LogP contribution is -2.58. The summed E-state index contributed by atoms with van der Waals surface area (Å²) in [5, 5.41) is 5.05. The zero-order valence-electron chi connectivity index (χ0n) is 17.4. The van der Waals surface area contributed by atoms with Crippen molar-refractivity contribution in [3.05, 3.63) is 65.7 Å². The highest BCUT2D eigenvalue weighted by Gasteiger charge is 2.48. The number of nitrogens with one attached hydrogen (secondary N) is 3. The van der Waals surface area contributed by atoms with Crippen molar-refractivity contribution < 1.29 is 17.9 Å². The predicted molar refractivity (Wildman–Crippen MR) is 117 cm³/mol. The summed E-state index contributed by atoms with van der Waals surface area (Å²) in [5.41, 5.74) is 0.425. The third kappa shape index (κ3) is 4.50. The molecule has 0 spiro atoms. The van der Waals surface area contributed by atoms with Crippen molar-refractivity contribution in [3.63, 3.8) is 0 Å². The van der Waals surface area contributed by atoms with Crippen molar-refractivity contribution >= 4 is 15.9 Å². The van der Waals surface area contributed by atoms with Gasteiger partial charge in [-0.2, -0.15) is 0 Å². The van der Waals surface area contributed by atoms with E-state index >= 15 is 0 Å². The van der Waals surface area contributed by atoms with Crippen LogP contribution in [0.1, 0.15) is 35.2 Å². The Morgan fingerprint density at radius 3 is 2.47 bits per heavy atom. The molecule has 8 heteroatoms. The normalized spacial score (nSPS) is 20.7. The number of methoxy groups -OCH3 is 1. The van der Waals surface area contributed by atoms with Gasteiger partial charge in [-0.3, -0.25) is 4.79 Å². The number of ether oxygens (including phenoxy) is 1. The average Bonchev–Trinajstić information content (AvgIpc) is 3.04. The first kappa shape index (κ1) is 22.3. The third-order valence-corrected chi connectivity index (χ3v) is 7.54. The lowest BCUT2D eigenvalue weighted by atomic mass is 9.74. The Bertz CT molecular complexity index is 955. The van der Waals surface area contributed by atoms with Crippen molar-refractivity contribution in [1.82, 2.24) is 15.4 Å². The summed E-state index contributed by atoms with van der Waals surface area (Å²) < 4.78 is 34.2. The molecular formula is C22H29N3O4S. The summed E-state index contributed by atoms with van der Waals surface area (Å²) >= 11 is 0. The molecule has 1 amide bonds. The van der Waals surface area contributed by atoms with Crippen LogP contribution in [0.5, 0.6) is 5.75 Å². The highest BCUT2D eigenvalue weighted by molar-refractivity contribution is 7.90. The van der Waals surface area contributed by atoms with Crippen LogP contribution < -0.4 is 20.1 Å². The topological polar surface area (TPSA) is 96.5 Å². The van der Waals surface area contributed by atoms with E-state index in [2.05, 4.69) is 15.4 Å². The number of hydrogen-bond acceptors (Lipinski definition) is 5. The highest BCUT2D eigenvalue weighted by Crippen LogP contribution is 2.39. The maximum absolute atomic E-state index is 13.2. The summed E-state index contributed by atoms with van der Waals surface area (Å²) in [6, 6.07) is 16.4. The minimum Gasteiger partial charge on any atom is -0.496 e. The van der Waals surface area contributed by atoms with Gasteiger partial charge in [-0.05, 0) is 57.1 Å². The molecule has 1 fully saturated rings. The van der Waals surface area contributed by atoms with E-state index in [1.807, 2.05) is 30.3 Å². The Morgan fingerprint density at radius 1 is 1.07 bits per heavy atom. The maximum Gasteiger partial charge on any atom is 0.256 e. The van der Waals surface area contributed by atoms with Gasteiger partial charge in [0.1, 0.15) is 5.75 Å². The van der Waals surface area contributed by atoms with E-state index in [1.54, 1.807) is 24.3 Å². The van der Waals surface area contributed by atoms with E-state index in [9.17, 15) is 13.2 Å². The van der Waals surface area contributed by atoms with E-state index in [4.69, 9.17) is 4.74 Å². The minimum atomic E-state index is -3.86. The fraction of sp³-hybridized carbons (Fsp3) is 0.409. The second-order valence-corrected chi connectivity index (χ2v) is 9.40.